The molecule has 0 bridgehead atoms. The normalized spacial score (nSPS) is 18.6. The van der Waals surface area contributed by atoms with Crippen molar-refractivity contribution in [2.45, 2.75) is 12.6 Å². The van der Waals surface area contributed by atoms with Gasteiger partial charge in [0.2, 0.25) is 0 Å². The Balaban J connectivity index is 1.65. The molecule has 30 heavy (non-hydrogen) atoms. The maximum Gasteiger partial charge on any atom is 0.358 e. The second kappa shape index (κ2) is 8.23. The molecular weight excluding hydrogens is 400 g/mol. The van der Waals surface area contributed by atoms with E-state index >= 15 is 0 Å². The lowest BCUT2D eigenvalue weighted by molar-refractivity contribution is -0.548. The van der Waals surface area contributed by atoms with Crippen molar-refractivity contribution in [3.63, 3.8) is 0 Å². The average Bonchev–Trinajstić information content (AvgIpc) is 3.14. The van der Waals surface area contributed by atoms with Crippen LogP contribution in [0, 0.1) is 0 Å². The van der Waals surface area contributed by atoms with Crippen LogP contribution in [0.4, 0.5) is 4.79 Å². The van der Waals surface area contributed by atoms with Gasteiger partial charge in [0.05, 0.1) is 5.75 Å². The second-order valence-electron chi connectivity index (χ2n) is 7.09. The number of carbonyl (C=O) groups is 3. The van der Waals surface area contributed by atoms with E-state index in [1.165, 1.54) is 23.7 Å². The molecule has 0 saturated carbocycles. The van der Waals surface area contributed by atoms with E-state index in [-0.39, 0.29) is 17.4 Å². The molecule has 7 nitrogen and oxygen atoms in total. The van der Waals surface area contributed by atoms with Crippen LogP contribution in [0.1, 0.15) is 15.9 Å². The van der Waals surface area contributed by atoms with Crippen LogP contribution in [0.15, 0.2) is 65.7 Å². The summed E-state index contributed by atoms with van der Waals surface area (Å²) in [5, 5.41) is 0.562. The van der Waals surface area contributed by atoms with Gasteiger partial charge in [0, 0.05) is 19.7 Å². The van der Waals surface area contributed by atoms with Crippen LogP contribution >= 0.6 is 11.8 Å². The highest BCUT2D eigenvalue weighted by molar-refractivity contribution is 8.14. The largest absolute Gasteiger partial charge is 0.358 e. The molecular formula is C22H21N4O3S+. The van der Waals surface area contributed by atoms with Gasteiger partial charge in [0.25, 0.3) is 17.8 Å². The zero-order valence-corrected chi connectivity index (χ0v) is 17.5. The Labute approximate surface area is 178 Å². The fraction of sp³-hybridized carbons (Fsp3) is 0.227. The first kappa shape index (κ1) is 20.0. The summed E-state index contributed by atoms with van der Waals surface area (Å²) >= 11 is 1.28. The molecule has 2 aromatic rings. The Morgan fingerprint density at radius 2 is 1.63 bits per heavy atom. The third-order valence-electron chi connectivity index (χ3n) is 5.12. The number of fused-ring (bicyclic) bond motifs is 1. The van der Waals surface area contributed by atoms with Crippen molar-refractivity contribution >= 4 is 40.5 Å². The number of carbonyl (C=O) groups excluding carboxylic acids is 3. The summed E-state index contributed by atoms with van der Waals surface area (Å²) in [4.78, 5) is 45.0. The van der Waals surface area contributed by atoms with Gasteiger partial charge < -0.3 is 0 Å². The Kier molecular flexibility index (Phi) is 5.50. The zero-order valence-electron chi connectivity index (χ0n) is 16.7. The highest BCUT2D eigenvalue weighted by atomic mass is 32.2. The van der Waals surface area contributed by atoms with E-state index in [2.05, 4.69) is 4.99 Å². The SMILES string of the molecule is CN1C(=O)C2C(=NC(SCC(=O)c3ccccc3)=[N+]2Cc2ccccc2)N(C)C1=O. The number of urea groups is 1. The van der Waals surface area contributed by atoms with E-state index in [1.807, 2.05) is 53.1 Å². The molecule has 0 aromatic heterocycles. The van der Waals surface area contributed by atoms with Gasteiger partial charge in [-0.25, -0.2) is 9.37 Å². The van der Waals surface area contributed by atoms with Crippen LogP contribution in [-0.2, 0) is 11.3 Å². The lowest BCUT2D eigenvalue weighted by Gasteiger charge is -2.30. The quantitative estimate of drug-likeness (QED) is 0.549. The van der Waals surface area contributed by atoms with E-state index < -0.39 is 12.1 Å². The van der Waals surface area contributed by atoms with Gasteiger partial charge in [0.15, 0.2) is 5.78 Å². The number of imide groups is 1. The first-order valence-corrected chi connectivity index (χ1v) is 10.5. The summed E-state index contributed by atoms with van der Waals surface area (Å²) in [5.74, 6) is 0.248. The van der Waals surface area contributed by atoms with Crippen LogP contribution in [0.25, 0.3) is 0 Å². The Bertz CT molecular complexity index is 1070. The molecule has 2 heterocycles. The zero-order chi connectivity index (χ0) is 21.3. The standard InChI is InChI=1S/C22H21N4O3S/c1-24-19-18(20(28)25(2)22(24)29)26(13-15-9-5-3-6-10-15)21(23-19)30-14-17(27)16-11-7-4-8-12-16/h3-12,18H,13-14H2,1-2H3/q+1. The molecule has 1 atom stereocenters. The first-order chi connectivity index (χ1) is 14.5. The minimum Gasteiger partial charge on any atom is -0.293 e. The topological polar surface area (TPSA) is 73.1 Å². The Morgan fingerprint density at radius 1 is 1.00 bits per heavy atom. The number of hydrogen-bond donors (Lipinski definition) is 0. The molecule has 0 spiro atoms. The van der Waals surface area contributed by atoms with Crippen LogP contribution in [0.2, 0.25) is 0 Å². The van der Waals surface area contributed by atoms with E-state index in [4.69, 9.17) is 0 Å². The lowest BCUT2D eigenvalue weighted by Crippen LogP contribution is -2.61. The Hall–Kier alpha value is -3.26. The maximum absolute atomic E-state index is 12.9. The summed E-state index contributed by atoms with van der Waals surface area (Å²) < 4.78 is 1.87. The average molecular weight is 422 g/mol. The molecule has 152 valence electrons. The van der Waals surface area contributed by atoms with E-state index in [1.54, 1.807) is 19.2 Å². The van der Waals surface area contributed by atoms with Crippen molar-refractivity contribution in [3.8, 4) is 0 Å². The molecule has 1 unspecified atom stereocenters. The molecule has 8 heteroatoms. The predicted molar refractivity (Wildman–Crippen MR) is 116 cm³/mol. The van der Waals surface area contributed by atoms with Gasteiger partial charge in [-0.2, -0.15) is 0 Å². The van der Waals surface area contributed by atoms with Crippen molar-refractivity contribution in [1.82, 2.24) is 9.80 Å². The number of nitrogens with zero attached hydrogens (tertiary/aromatic N) is 4. The summed E-state index contributed by atoms with van der Waals surface area (Å²) in [7, 11) is 3.09. The second-order valence-corrected chi connectivity index (χ2v) is 8.03. The van der Waals surface area contributed by atoms with Crippen molar-refractivity contribution in [3.05, 3.63) is 71.8 Å². The predicted octanol–water partition coefficient (Wildman–Crippen LogP) is 2.48. The van der Waals surface area contributed by atoms with Gasteiger partial charge in [0.1, 0.15) is 6.54 Å². The third kappa shape index (κ3) is 3.66. The highest BCUT2D eigenvalue weighted by Gasteiger charge is 2.53. The number of ketones is 1. The maximum atomic E-state index is 12.9. The molecule has 2 aliphatic heterocycles. The molecule has 0 N–H and O–H groups in total. The summed E-state index contributed by atoms with van der Waals surface area (Å²) in [6.45, 7) is 0.446. The van der Waals surface area contributed by atoms with Gasteiger partial charge in [-0.05, 0) is 22.3 Å². The molecule has 1 fully saturated rings. The van der Waals surface area contributed by atoms with E-state index in [9.17, 15) is 14.4 Å². The number of thioether (sulfide) groups is 1. The number of likely N-dealkylation sites (N-methyl/N-ethyl adjacent to an activating group) is 2. The van der Waals surface area contributed by atoms with Crippen LogP contribution in [-0.4, -0.2) is 69.0 Å². The van der Waals surface area contributed by atoms with Gasteiger partial charge in [-0.15, -0.1) is 0 Å². The van der Waals surface area contributed by atoms with Crippen LogP contribution in [0.3, 0.4) is 0 Å². The lowest BCUT2D eigenvalue weighted by atomic mass is 10.1. The van der Waals surface area contributed by atoms with Gasteiger partial charge >= 0.3 is 11.2 Å². The summed E-state index contributed by atoms with van der Waals surface area (Å²) in [6.07, 6.45) is 0. The minimum atomic E-state index is -0.688. The first-order valence-electron chi connectivity index (χ1n) is 9.50. The van der Waals surface area contributed by atoms with Crippen molar-refractivity contribution in [2.24, 2.45) is 4.99 Å². The fourth-order valence-electron chi connectivity index (χ4n) is 3.47. The van der Waals surface area contributed by atoms with Crippen LogP contribution < -0.4 is 0 Å². The van der Waals surface area contributed by atoms with Gasteiger partial charge in [-0.1, -0.05) is 60.7 Å². The highest BCUT2D eigenvalue weighted by Crippen LogP contribution is 2.24. The van der Waals surface area contributed by atoms with Crippen LogP contribution in [0.5, 0.6) is 0 Å². The monoisotopic (exact) mass is 421 g/mol. The number of rotatable bonds is 5. The Morgan fingerprint density at radius 3 is 2.30 bits per heavy atom. The molecule has 2 aliphatic rings. The number of Topliss-reactive ketones (excluding diaryl/α,β-unsaturated/α-hetero) is 1. The van der Waals surface area contributed by atoms with E-state index in [0.29, 0.717) is 23.1 Å². The summed E-state index contributed by atoms with van der Waals surface area (Å²) in [5.41, 5.74) is 1.64. The molecule has 0 radical (unpaired) electrons. The smallest absolute Gasteiger partial charge is 0.293 e. The fourth-order valence-corrected chi connectivity index (χ4v) is 4.39. The van der Waals surface area contributed by atoms with Crippen molar-refractivity contribution in [2.75, 3.05) is 19.8 Å². The molecule has 2 aromatic carbocycles. The van der Waals surface area contributed by atoms with Gasteiger partial charge in [-0.3, -0.25) is 19.4 Å². The van der Waals surface area contributed by atoms with Crippen molar-refractivity contribution < 1.29 is 19.0 Å². The molecule has 3 amide bonds. The van der Waals surface area contributed by atoms with E-state index in [0.717, 1.165) is 10.5 Å². The molecule has 0 aliphatic carbocycles. The number of amides is 3. The molecule has 1 saturated heterocycles. The number of amidine groups is 2. The summed E-state index contributed by atoms with van der Waals surface area (Å²) in [6, 6.07) is 17.7. The number of aliphatic imine (C=N–C) groups is 1. The molecule has 4 rings (SSSR count). The van der Waals surface area contributed by atoms with Crippen molar-refractivity contribution in [1.29, 1.82) is 0 Å². The third-order valence-corrected chi connectivity index (χ3v) is 6.11. The number of hydrogen-bond acceptors (Lipinski definition) is 5. The number of benzene rings is 2. The minimum absolute atomic E-state index is 0.0179.